The van der Waals surface area contributed by atoms with Crippen molar-refractivity contribution in [3.05, 3.63) is 59.7 Å². The van der Waals surface area contributed by atoms with Crippen molar-refractivity contribution in [3.63, 3.8) is 0 Å². The fourth-order valence-electron chi connectivity index (χ4n) is 2.33. The predicted octanol–water partition coefficient (Wildman–Crippen LogP) is 4.29. The lowest BCUT2D eigenvalue weighted by molar-refractivity contribution is -0.274. The summed E-state index contributed by atoms with van der Waals surface area (Å²) in [5.41, 5.74) is 2.15. The number of rotatable bonds is 7. The number of hydrogen-bond donors (Lipinski definition) is 1. The van der Waals surface area contributed by atoms with Gasteiger partial charge in [-0.3, -0.25) is 0 Å². The van der Waals surface area contributed by atoms with Crippen LogP contribution in [0.5, 0.6) is 11.5 Å². The topological polar surface area (TPSA) is 64.4 Å². The van der Waals surface area contributed by atoms with Gasteiger partial charge >= 0.3 is 6.36 Å². The van der Waals surface area contributed by atoms with Gasteiger partial charge in [-0.05, 0) is 19.1 Å². The average molecular weight is 425 g/mol. The van der Waals surface area contributed by atoms with Crippen molar-refractivity contribution in [2.75, 3.05) is 14.2 Å². The molecule has 1 N–H and O–H groups in total. The number of nitrogens with one attached hydrogen (secondary N) is 1. The van der Waals surface area contributed by atoms with Crippen molar-refractivity contribution in [1.29, 1.82) is 0 Å². The fourth-order valence-corrected chi connectivity index (χ4v) is 2.47. The molecule has 2 aromatic rings. The molecule has 0 aliphatic heterocycles. The SMILES string of the molecule is CNC(=S)C(=NOC)c1ccccc1C(C)=NOc1cccc(OC(F)(F)F)c1. The largest absolute Gasteiger partial charge is 0.573 e. The molecule has 10 heteroatoms. The molecule has 0 radical (unpaired) electrons. The van der Waals surface area contributed by atoms with E-state index in [1.54, 1.807) is 38.2 Å². The molecule has 2 aromatic carbocycles. The molecule has 0 heterocycles. The Bertz CT molecular complexity index is 930. The first-order chi connectivity index (χ1) is 13.7. The number of ether oxygens (including phenoxy) is 1. The van der Waals surface area contributed by atoms with Crippen LogP contribution in [0.2, 0.25) is 0 Å². The van der Waals surface area contributed by atoms with Gasteiger partial charge in [0.25, 0.3) is 0 Å². The lowest BCUT2D eigenvalue weighted by Crippen LogP contribution is -2.28. The van der Waals surface area contributed by atoms with Crippen LogP contribution in [-0.2, 0) is 4.84 Å². The minimum absolute atomic E-state index is 0.0834. The van der Waals surface area contributed by atoms with Gasteiger partial charge in [0.1, 0.15) is 23.6 Å². The Morgan fingerprint density at radius 1 is 1.00 bits per heavy atom. The molecule has 0 unspecified atom stereocenters. The molecular weight excluding hydrogens is 407 g/mol. The molecule has 0 spiro atoms. The van der Waals surface area contributed by atoms with Crippen LogP contribution in [0.15, 0.2) is 58.8 Å². The van der Waals surface area contributed by atoms with Gasteiger partial charge in [-0.1, -0.05) is 52.9 Å². The molecule has 0 aromatic heterocycles. The van der Waals surface area contributed by atoms with E-state index in [1.165, 1.54) is 25.3 Å². The number of thiocarbonyl (C=S) groups is 1. The number of halogens is 3. The van der Waals surface area contributed by atoms with E-state index in [9.17, 15) is 13.2 Å². The van der Waals surface area contributed by atoms with Crippen molar-refractivity contribution >= 4 is 28.6 Å². The lowest BCUT2D eigenvalue weighted by Gasteiger charge is -2.12. The second-order valence-corrected chi connectivity index (χ2v) is 5.95. The van der Waals surface area contributed by atoms with E-state index in [1.807, 2.05) is 0 Å². The minimum atomic E-state index is -4.79. The zero-order valence-corrected chi connectivity index (χ0v) is 16.6. The van der Waals surface area contributed by atoms with Crippen LogP contribution in [0.4, 0.5) is 13.2 Å². The molecular formula is C19H18F3N3O3S. The van der Waals surface area contributed by atoms with Crippen LogP contribution in [0.3, 0.4) is 0 Å². The highest BCUT2D eigenvalue weighted by atomic mass is 32.1. The molecule has 0 amide bonds. The normalized spacial score (nSPS) is 12.3. The third-order valence-electron chi connectivity index (χ3n) is 3.52. The highest BCUT2D eigenvalue weighted by Crippen LogP contribution is 2.26. The van der Waals surface area contributed by atoms with Crippen LogP contribution in [0.1, 0.15) is 18.1 Å². The zero-order chi connectivity index (χ0) is 21.4. The van der Waals surface area contributed by atoms with Gasteiger partial charge < -0.3 is 19.7 Å². The average Bonchev–Trinajstić information content (AvgIpc) is 2.68. The molecule has 154 valence electrons. The summed E-state index contributed by atoms with van der Waals surface area (Å²) >= 11 is 5.27. The fraction of sp³-hybridized carbons (Fsp3) is 0.211. The third kappa shape index (κ3) is 6.46. The molecule has 0 saturated carbocycles. The summed E-state index contributed by atoms with van der Waals surface area (Å²) in [4.78, 5) is 10.5. The van der Waals surface area contributed by atoms with E-state index in [2.05, 4.69) is 20.4 Å². The molecule has 0 saturated heterocycles. The summed E-state index contributed by atoms with van der Waals surface area (Å²) < 4.78 is 40.9. The van der Waals surface area contributed by atoms with Crippen LogP contribution in [0, 0.1) is 0 Å². The first kappa shape index (κ1) is 22.2. The first-order valence-corrected chi connectivity index (χ1v) is 8.66. The zero-order valence-electron chi connectivity index (χ0n) is 15.8. The number of nitrogens with zero attached hydrogens (tertiary/aromatic N) is 2. The van der Waals surface area contributed by atoms with Crippen molar-refractivity contribution in [3.8, 4) is 11.5 Å². The Morgan fingerprint density at radius 2 is 1.66 bits per heavy atom. The Balaban J connectivity index is 2.31. The first-order valence-electron chi connectivity index (χ1n) is 8.25. The van der Waals surface area contributed by atoms with Gasteiger partial charge in [0, 0.05) is 24.2 Å². The van der Waals surface area contributed by atoms with E-state index < -0.39 is 12.1 Å². The summed E-state index contributed by atoms with van der Waals surface area (Å²) in [6.07, 6.45) is -4.79. The molecule has 0 atom stereocenters. The molecule has 0 aliphatic rings. The molecule has 6 nitrogen and oxygen atoms in total. The molecule has 0 aliphatic carbocycles. The summed E-state index contributed by atoms with van der Waals surface area (Å²) in [6.45, 7) is 1.68. The minimum Gasteiger partial charge on any atom is -0.406 e. The number of alkyl halides is 3. The van der Waals surface area contributed by atoms with Crippen LogP contribution in [-0.4, -0.2) is 36.9 Å². The van der Waals surface area contributed by atoms with Crippen LogP contribution in [0.25, 0.3) is 0 Å². The van der Waals surface area contributed by atoms with Crippen molar-refractivity contribution in [2.24, 2.45) is 10.3 Å². The standard InChI is InChI=1S/C19H18F3N3O3S/c1-12(24-28-14-8-6-7-13(11-14)27-19(20,21)22)15-9-4-5-10-16(15)17(25-26-3)18(29)23-2/h4-11H,1-3H3,(H,23,29). The van der Waals surface area contributed by atoms with E-state index >= 15 is 0 Å². The quantitative estimate of drug-likeness (QED) is 0.407. The van der Waals surface area contributed by atoms with Gasteiger partial charge in [-0.2, -0.15) is 0 Å². The number of oxime groups is 2. The Labute approximate surface area is 170 Å². The Kier molecular flexibility index (Phi) is 7.54. The van der Waals surface area contributed by atoms with Gasteiger partial charge in [0.2, 0.25) is 0 Å². The number of likely N-dealkylation sites (N-methyl/N-ethyl adjacent to an activating group) is 1. The second kappa shape index (κ2) is 9.87. The number of hydrogen-bond acceptors (Lipinski definition) is 6. The highest BCUT2D eigenvalue weighted by molar-refractivity contribution is 7.82. The molecule has 29 heavy (non-hydrogen) atoms. The maximum atomic E-state index is 12.4. The monoisotopic (exact) mass is 425 g/mol. The summed E-state index contributed by atoms with van der Waals surface area (Å²) in [5.74, 6) is -0.322. The van der Waals surface area contributed by atoms with Gasteiger partial charge in [-0.15, -0.1) is 13.2 Å². The Hall–Kier alpha value is -3.14. The van der Waals surface area contributed by atoms with Gasteiger partial charge in [0.15, 0.2) is 5.75 Å². The second-order valence-electron chi connectivity index (χ2n) is 5.54. The van der Waals surface area contributed by atoms with Gasteiger partial charge in [0.05, 0.1) is 5.71 Å². The molecule has 2 rings (SSSR count). The van der Waals surface area contributed by atoms with Crippen molar-refractivity contribution in [2.45, 2.75) is 13.3 Å². The van der Waals surface area contributed by atoms with E-state index in [-0.39, 0.29) is 5.75 Å². The summed E-state index contributed by atoms with van der Waals surface area (Å²) in [5, 5.41) is 10.8. The predicted molar refractivity (Wildman–Crippen MR) is 108 cm³/mol. The maximum Gasteiger partial charge on any atom is 0.573 e. The third-order valence-corrected chi connectivity index (χ3v) is 3.92. The van der Waals surface area contributed by atoms with Crippen LogP contribution < -0.4 is 14.9 Å². The Morgan fingerprint density at radius 3 is 2.28 bits per heavy atom. The van der Waals surface area contributed by atoms with E-state index in [0.29, 0.717) is 27.5 Å². The van der Waals surface area contributed by atoms with E-state index in [0.717, 1.165) is 6.07 Å². The van der Waals surface area contributed by atoms with Crippen LogP contribution >= 0.6 is 12.2 Å². The highest BCUT2D eigenvalue weighted by Gasteiger charge is 2.31. The number of benzene rings is 2. The maximum absolute atomic E-state index is 12.4. The van der Waals surface area contributed by atoms with Crippen molar-refractivity contribution in [1.82, 2.24) is 5.32 Å². The van der Waals surface area contributed by atoms with Gasteiger partial charge in [-0.25, -0.2) is 0 Å². The summed E-state index contributed by atoms with van der Waals surface area (Å²) in [7, 11) is 3.07. The van der Waals surface area contributed by atoms with E-state index in [4.69, 9.17) is 21.9 Å². The lowest BCUT2D eigenvalue weighted by atomic mass is 10.00. The summed E-state index contributed by atoms with van der Waals surface area (Å²) in [6, 6.07) is 12.2. The molecule has 0 fully saturated rings. The van der Waals surface area contributed by atoms with Crippen molar-refractivity contribution < 1.29 is 27.6 Å². The smallest absolute Gasteiger partial charge is 0.406 e. The molecule has 0 bridgehead atoms.